The lowest BCUT2D eigenvalue weighted by molar-refractivity contribution is 0.263. The van der Waals surface area contributed by atoms with Gasteiger partial charge >= 0.3 is 0 Å². The summed E-state index contributed by atoms with van der Waals surface area (Å²) in [7, 11) is 0. The Labute approximate surface area is 361 Å². The topological polar surface area (TPSA) is 3.24 Å². The van der Waals surface area contributed by atoms with Gasteiger partial charge in [0.25, 0.3) is 0 Å². The normalized spacial score (nSPS) is 17.8. The van der Waals surface area contributed by atoms with E-state index in [0.717, 1.165) is 94.7 Å². The Kier molecular flexibility index (Phi) is 38.3. The van der Waals surface area contributed by atoms with Gasteiger partial charge in [-0.15, -0.1) is 139 Å². The molecule has 0 spiro atoms. The summed E-state index contributed by atoms with van der Waals surface area (Å²) in [6, 6.07) is 0. The molecular weight excluding hydrogens is 872 g/mol. The van der Waals surface area contributed by atoms with E-state index in [2.05, 4.69) is 4.90 Å². The molecule has 0 aromatic carbocycles. The third kappa shape index (κ3) is 28.5. The molecule has 9 atom stereocenters. The fourth-order valence-electron chi connectivity index (χ4n) is 5.85. The van der Waals surface area contributed by atoms with Crippen LogP contribution in [0.3, 0.4) is 0 Å². The lowest BCUT2D eigenvalue weighted by Gasteiger charge is -2.34. The Morgan fingerprint density at radius 1 is 0.265 bits per heavy atom. The highest BCUT2D eigenvalue weighted by Crippen LogP contribution is 2.29. The molecule has 0 aromatic rings. The molecule has 1 nitrogen and oxygen atoms in total. The van der Waals surface area contributed by atoms with Crippen molar-refractivity contribution in [3.05, 3.63) is 0 Å². The second kappa shape index (κ2) is 35.8. The molecule has 0 rings (SSSR count). The van der Waals surface area contributed by atoms with Crippen molar-refractivity contribution in [1.82, 2.24) is 4.90 Å². The van der Waals surface area contributed by atoms with Gasteiger partial charge in [0.2, 0.25) is 0 Å². The van der Waals surface area contributed by atoms with E-state index in [1.54, 1.807) is 0 Å². The molecule has 0 aliphatic rings. The highest BCUT2D eigenvalue weighted by molar-refractivity contribution is 6.36. The predicted octanol–water partition coefficient (Wildman–Crippen LogP) is 15.7. The van der Waals surface area contributed by atoms with Crippen LogP contribution in [-0.2, 0) is 0 Å². The maximum Gasteiger partial charge on any atom is 0.0675 e. The first kappa shape index (κ1) is 52.4. The SMILES string of the molecule is ClCCCCCCCCC(Cl)C(Cl)C(Cl)CN(CC(Cl)C(Cl)C(Cl)CCCCCCCCCl)CC(Cl)C(Cl)C(Cl)CCCCCCCCCl. The largest absolute Gasteiger partial charge is 0.299 e. The van der Waals surface area contributed by atoms with Crippen molar-refractivity contribution in [2.24, 2.45) is 0 Å². The van der Waals surface area contributed by atoms with Gasteiger partial charge in [-0.2, -0.15) is 0 Å². The minimum absolute atomic E-state index is 0.252. The zero-order chi connectivity index (χ0) is 36.9. The number of rotatable bonds is 36. The third-order valence-corrected chi connectivity index (χ3v) is 15.1. The average Bonchev–Trinajstić information content (AvgIpc) is 3.08. The van der Waals surface area contributed by atoms with Crippen LogP contribution in [0.2, 0.25) is 0 Å². The van der Waals surface area contributed by atoms with Gasteiger partial charge in [0.05, 0.1) is 48.4 Å². The summed E-state index contributed by atoms with van der Waals surface area (Å²) in [6.45, 7) is 1.30. The highest BCUT2D eigenvalue weighted by Gasteiger charge is 2.33. The standard InChI is InChI=1S/C36H63Cl12N/c37-22-16-10-4-1-7-13-19-28(40)34(46)31(43)25-49(26-32(44)35(47)29(41)20-14-8-2-5-11-17-23-38)27-33(45)36(48)30(42)21-15-9-3-6-12-18-24-39/h28-36H,1-27H2. The molecule has 296 valence electrons. The van der Waals surface area contributed by atoms with Crippen molar-refractivity contribution in [3.8, 4) is 0 Å². The van der Waals surface area contributed by atoms with Crippen LogP contribution in [0.15, 0.2) is 0 Å². The summed E-state index contributed by atoms with van der Waals surface area (Å²) in [5, 5.41) is -3.34. The van der Waals surface area contributed by atoms with Crippen LogP contribution in [0.25, 0.3) is 0 Å². The molecule has 0 N–H and O–H groups in total. The van der Waals surface area contributed by atoms with Gasteiger partial charge in [-0.1, -0.05) is 96.3 Å². The first-order valence-corrected chi connectivity index (χ1v) is 24.2. The van der Waals surface area contributed by atoms with E-state index in [9.17, 15) is 0 Å². The summed E-state index contributed by atoms with van der Waals surface area (Å²) < 4.78 is 0. The van der Waals surface area contributed by atoms with Crippen LogP contribution in [0.4, 0.5) is 0 Å². The molecular formula is C36H63Cl12N. The Balaban J connectivity index is 5.18. The van der Waals surface area contributed by atoms with Gasteiger partial charge < -0.3 is 0 Å². The van der Waals surface area contributed by atoms with Crippen molar-refractivity contribution >= 4 is 139 Å². The first-order valence-electron chi connectivity index (χ1n) is 18.7. The number of unbranched alkanes of at least 4 members (excludes halogenated alkanes) is 15. The van der Waals surface area contributed by atoms with E-state index in [4.69, 9.17) is 139 Å². The lowest BCUT2D eigenvalue weighted by atomic mass is 10.0. The minimum atomic E-state index is -0.432. The van der Waals surface area contributed by atoms with Crippen molar-refractivity contribution in [2.75, 3.05) is 37.3 Å². The molecule has 9 unspecified atom stereocenters. The Morgan fingerprint density at radius 2 is 0.469 bits per heavy atom. The first-order chi connectivity index (χ1) is 23.5. The van der Waals surface area contributed by atoms with E-state index in [-0.39, 0.29) is 16.1 Å². The maximum absolute atomic E-state index is 6.94. The molecule has 13 heteroatoms. The zero-order valence-electron chi connectivity index (χ0n) is 29.3. The number of hydrogen-bond acceptors (Lipinski definition) is 1. The van der Waals surface area contributed by atoms with E-state index < -0.39 is 32.3 Å². The Morgan fingerprint density at radius 3 is 0.694 bits per heavy atom. The van der Waals surface area contributed by atoms with Crippen LogP contribution >= 0.6 is 139 Å². The number of alkyl halides is 12. The average molecular weight is 935 g/mol. The fraction of sp³-hybridized carbons (Fsp3) is 1.00. The molecule has 0 aliphatic heterocycles. The van der Waals surface area contributed by atoms with Crippen LogP contribution in [0, 0.1) is 0 Å². The summed E-state index contributed by atoms with van der Waals surface area (Å²) in [6.07, 6.45) is 22.6. The third-order valence-electron chi connectivity index (χ3n) is 8.96. The molecule has 0 heterocycles. The monoisotopic (exact) mass is 929 g/mol. The van der Waals surface area contributed by atoms with Crippen LogP contribution < -0.4 is 0 Å². The molecule has 0 saturated heterocycles. The van der Waals surface area contributed by atoms with Gasteiger partial charge in [0.1, 0.15) is 0 Å². The molecule has 0 radical (unpaired) electrons. The van der Waals surface area contributed by atoms with E-state index in [0.29, 0.717) is 19.6 Å². The van der Waals surface area contributed by atoms with Gasteiger partial charge in [-0.3, -0.25) is 4.90 Å². The van der Waals surface area contributed by atoms with E-state index in [1.165, 1.54) is 57.8 Å². The predicted molar refractivity (Wildman–Crippen MR) is 232 cm³/mol. The number of halogens is 12. The van der Waals surface area contributed by atoms with Gasteiger partial charge in [-0.05, 0) is 38.5 Å². The quantitative estimate of drug-likeness (QED) is 0.0447. The summed E-state index contributed by atoms with van der Waals surface area (Å²) >= 11 is 79.0. The Bertz CT molecular complexity index is 621. The summed E-state index contributed by atoms with van der Waals surface area (Å²) in [5.41, 5.74) is 0. The molecule has 0 amide bonds. The molecule has 0 aromatic heterocycles. The molecule has 0 saturated carbocycles. The highest BCUT2D eigenvalue weighted by atomic mass is 35.5. The lowest BCUT2D eigenvalue weighted by Crippen LogP contribution is -2.46. The summed E-state index contributed by atoms with van der Waals surface area (Å²) in [4.78, 5) is 2.11. The number of hydrogen-bond donors (Lipinski definition) is 0. The second-order valence-corrected chi connectivity index (χ2v) is 19.5. The van der Waals surface area contributed by atoms with Crippen molar-refractivity contribution in [2.45, 2.75) is 183 Å². The van der Waals surface area contributed by atoms with Crippen LogP contribution in [-0.4, -0.2) is 90.6 Å². The second-order valence-electron chi connectivity index (χ2n) is 13.4. The van der Waals surface area contributed by atoms with Gasteiger partial charge in [0, 0.05) is 37.3 Å². The molecule has 49 heavy (non-hydrogen) atoms. The summed E-state index contributed by atoms with van der Waals surface area (Å²) in [5.74, 6) is 2.18. The number of nitrogens with zero attached hydrogens (tertiary/aromatic N) is 1. The maximum atomic E-state index is 6.94. The van der Waals surface area contributed by atoms with Crippen LogP contribution in [0.1, 0.15) is 135 Å². The zero-order valence-corrected chi connectivity index (χ0v) is 38.3. The van der Waals surface area contributed by atoms with Gasteiger partial charge in [0.15, 0.2) is 0 Å². The smallest absolute Gasteiger partial charge is 0.0675 e. The van der Waals surface area contributed by atoms with Crippen LogP contribution in [0.5, 0.6) is 0 Å². The molecule has 0 fully saturated rings. The van der Waals surface area contributed by atoms with Crippen molar-refractivity contribution in [3.63, 3.8) is 0 Å². The van der Waals surface area contributed by atoms with Crippen molar-refractivity contribution < 1.29 is 0 Å². The fourth-order valence-corrected chi connectivity index (χ4v) is 9.36. The molecule has 0 aliphatic carbocycles. The Hall–Kier alpha value is 3.44. The van der Waals surface area contributed by atoms with Gasteiger partial charge in [-0.25, -0.2) is 0 Å². The van der Waals surface area contributed by atoms with E-state index in [1.807, 2.05) is 0 Å². The van der Waals surface area contributed by atoms with Crippen molar-refractivity contribution in [1.29, 1.82) is 0 Å². The minimum Gasteiger partial charge on any atom is -0.299 e. The van der Waals surface area contributed by atoms with E-state index >= 15 is 0 Å². The molecule has 0 bridgehead atoms.